The second-order valence-corrected chi connectivity index (χ2v) is 15.1. The summed E-state index contributed by atoms with van der Waals surface area (Å²) in [5.41, 5.74) is -0.334. The maximum absolute atomic E-state index is 11.7. The Morgan fingerprint density at radius 1 is 0.950 bits per heavy atom. The highest BCUT2D eigenvalue weighted by atomic mass is 32.3. The lowest BCUT2D eigenvalue weighted by Crippen LogP contribution is -3.11. The fourth-order valence-corrected chi connectivity index (χ4v) is 10.5. The van der Waals surface area contributed by atoms with Crippen molar-refractivity contribution in [1.29, 1.82) is 0 Å². The smallest absolute Gasteiger partial charge is 0.217 e. The number of aliphatic hydroxyl groups excluding tert-OH is 3. The molecule has 0 bridgehead atoms. The van der Waals surface area contributed by atoms with Crippen molar-refractivity contribution in [2.75, 3.05) is 26.2 Å². The number of hydrogen-bond acceptors (Lipinski definition) is 7. The topological polar surface area (TPSA) is 132 Å². The highest BCUT2D eigenvalue weighted by molar-refractivity contribution is 7.80. The third-order valence-electron chi connectivity index (χ3n) is 12.6. The zero-order valence-corrected chi connectivity index (χ0v) is 27.0. The van der Waals surface area contributed by atoms with Gasteiger partial charge in [-0.3, -0.25) is 4.18 Å². The molecule has 4 unspecified atom stereocenters. The third kappa shape index (κ3) is 6.61. The van der Waals surface area contributed by atoms with Gasteiger partial charge < -0.3 is 24.8 Å². The third-order valence-corrected chi connectivity index (χ3v) is 13.0. The van der Waals surface area contributed by atoms with Crippen LogP contribution in [0.3, 0.4) is 0 Å². The summed E-state index contributed by atoms with van der Waals surface area (Å²) < 4.78 is 37.0. The van der Waals surface area contributed by atoms with Gasteiger partial charge in [-0.1, -0.05) is 34.1 Å². The fourth-order valence-electron chi connectivity index (χ4n) is 10.2. The fraction of sp³-hybridized carbons (Fsp3) is 1.00. The molecular weight excluding hydrogens is 530 g/mol. The second kappa shape index (κ2) is 13.6. The van der Waals surface area contributed by atoms with Gasteiger partial charge >= 0.3 is 0 Å². The molecule has 0 aromatic carbocycles. The minimum absolute atomic E-state index is 0.0200. The van der Waals surface area contributed by atoms with Gasteiger partial charge in [-0.05, 0) is 118 Å². The molecule has 4 fully saturated rings. The first-order valence-corrected chi connectivity index (χ1v) is 17.5. The first kappa shape index (κ1) is 34.2. The Morgan fingerprint density at radius 2 is 1.57 bits per heavy atom. The summed E-state index contributed by atoms with van der Waals surface area (Å²) in [7, 11) is -4.70. The molecular formula is C31H59NO7S. The average Bonchev–Trinajstić information content (AvgIpc) is 3.25. The van der Waals surface area contributed by atoms with E-state index in [0.29, 0.717) is 12.8 Å². The SMILES string of the molecule is CC[C@H]1[C@@H](O)C2C3CCC([C@H](C)CCOS(=O)(=O)[O-])[C@@]3(C)[C@@H](O)CC2[C@@]2(C)CC[C@@H](O)C[C@@H]12.CC[NH+](CC)CC. The summed E-state index contributed by atoms with van der Waals surface area (Å²) in [6, 6.07) is 0. The van der Waals surface area contributed by atoms with Gasteiger partial charge in [0.25, 0.3) is 0 Å². The lowest BCUT2D eigenvalue weighted by molar-refractivity contribution is -0.894. The summed E-state index contributed by atoms with van der Waals surface area (Å²) in [5.74, 6) is 1.31. The van der Waals surface area contributed by atoms with Crippen LogP contribution in [0.1, 0.15) is 99.8 Å². The second-order valence-electron chi connectivity index (χ2n) is 14.0. The summed E-state index contributed by atoms with van der Waals surface area (Å²) >= 11 is 0. The minimum Gasteiger partial charge on any atom is -0.726 e. The molecule has 4 rings (SSSR count). The molecule has 8 nitrogen and oxygen atoms in total. The predicted octanol–water partition coefficient (Wildman–Crippen LogP) is 3.02. The summed E-state index contributed by atoms with van der Waals surface area (Å²) in [6.45, 7) is 19.1. The van der Waals surface area contributed by atoms with Gasteiger partial charge in [-0.15, -0.1) is 0 Å². The van der Waals surface area contributed by atoms with Crippen molar-refractivity contribution < 1.29 is 37.4 Å². The Kier molecular flexibility index (Phi) is 11.6. The van der Waals surface area contributed by atoms with Crippen molar-refractivity contribution in [3.05, 3.63) is 0 Å². The number of quaternary nitrogens is 1. The van der Waals surface area contributed by atoms with Crippen molar-refractivity contribution in [2.45, 2.75) is 118 Å². The Hall–Kier alpha value is -0.290. The molecule has 0 radical (unpaired) electrons. The molecule has 0 saturated heterocycles. The van der Waals surface area contributed by atoms with Crippen LogP contribution in [-0.2, 0) is 14.6 Å². The maximum atomic E-state index is 11.7. The standard InChI is InChI=1S/C25H44O7S.C6H15N/c1-5-16-19-12-15(26)8-10-24(19,3)20-13-21(27)25(4)17(6-7-18(25)22(20)23(16)28)14(2)9-11-32-33(29,30)31;1-4-7(5-2)6-3/h14-23,26-28H,5-13H2,1-4H3,(H,29,30,31);4-6H2,1-3H3/t14-,15-,16-,17?,18?,19+,20?,21+,22?,23-,24+,25-;/m1./s1. The van der Waals surface area contributed by atoms with Crippen LogP contribution in [-0.4, -0.2) is 72.8 Å². The summed E-state index contributed by atoms with van der Waals surface area (Å²) in [4.78, 5) is 1.68. The number of hydrogen-bond donors (Lipinski definition) is 4. The van der Waals surface area contributed by atoms with Crippen LogP contribution < -0.4 is 4.90 Å². The molecule has 40 heavy (non-hydrogen) atoms. The van der Waals surface area contributed by atoms with Crippen LogP contribution >= 0.6 is 0 Å². The molecule has 4 aliphatic rings. The van der Waals surface area contributed by atoms with E-state index in [1.165, 1.54) is 19.6 Å². The van der Waals surface area contributed by atoms with Crippen LogP contribution in [0.2, 0.25) is 0 Å². The molecule has 0 aromatic heterocycles. The van der Waals surface area contributed by atoms with E-state index in [2.05, 4.69) is 52.6 Å². The van der Waals surface area contributed by atoms with E-state index in [9.17, 15) is 28.3 Å². The van der Waals surface area contributed by atoms with E-state index in [1.807, 2.05) is 0 Å². The van der Waals surface area contributed by atoms with Gasteiger partial charge in [-0.25, -0.2) is 8.42 Å². The van der Waals surface area contributed by atoms with Crippen molar-refractivity contribution in [1.82, 2.24) is 0 Å². The first-order chi connectivity index (χ1) is 18.7. The van der Waals surface area contributed by atoms with Crippen molar-refractivity contribution in [2.24, 2.45) is 52.3 Å². The molecule has 9 heteroatoms. The highest BCUT2D eigenvalue weighted by Gasteiger charge is 2.67. The molecule has 4 N–H and O–H groups in total. The van der Waals surface area contributed by atoms with Crippen LogP contribution in [0.5, 0.6) is 0 Å². The van der Waals surface area contributed by atoms with Crippen LogP contribution in [0.15, 0.2) is 0 Å². The monoisotopic (exact) mass is 589 g/mol. The lowest BCUT2D eigenvalue weighted by Gasteiger charge is -2.65. The zero-order valence-electron chi connectivity index (χ0n) is 26.1. The van der Waals surface area contributed by atoms with Crippen LogP contribution in [0.4, 0.5) is 0 Å². The molecule has 0 aliphatic heterocycles. The maximum Gasteiger partial charge on any atom is 0.217 e. The Morgan fingerprint density at radius 3 is 2.10 bits per heavy atom. The van der Waals surface area contributed by atoms with Crippen LogP contribution in [0, 0.1) is 52.3 Å². The van der Waals surface area contributed by atoms with Crippen molar-refractivity contribution >= 4 is 10.4 Å². The summed E-state index contributed by atoms with van der Waals surface area (Å²) in [5, 5.41) is 33.8. The van der Waals surface area contributed by atoms with Gasteiger partial charge in [0.1, 0.15) is 0 Å². The number of aliphatic hydroxyl groups is 3. The van der Waals surface area contributed by atoms with E-state index in [0.717, 1.165) is 38.5 Å². The van der Waals surface area contributed by atoms with Crippen LogP contribution in [0.25, 0.3) is 0 Å². The summed E-state index contributed by atoms with van der Waals surface area (Å²) in [6.07, 6.45) is 5.16. The molecule has 0 heterocycles. The highest BCUT2D eigenvalue weighted by Crippen LogP contribution is 2.69. The quantitative estimate of drug-likeness (QED) is 0.240. The first-order valence-electron chi connectivity index (χ1n) is 16.2. The van der Waals surface area contributed by atoms with Gasteiger partial charge in [0.2, 0.25) is 10.4 Å². The zero-order chi connectivity index (χ0) is 30.0. The van der Waals surface area contributed by atoms with Gasteiger partial charge in [-0.2, -0.15) is 0 Å². The predicted molar refractivity (Wildman–Crippen MR) is 155 cm³/mol. The number of rotatable bonds is 9. The number of nitrogens with one attached hydrogen (secondary N) is 1. The van der Waals surface area contributed by atoms with Crippen molar-refractivity contribution in [3.8, 4) is 0 Å². The molecule has 0 spiro atoms. The molecule has 0 aromatic rings. The lowest BCUT2D eigenvalue weighted by atomic mass is 9.41. The van der Waals surface area contributed by atoms with Gasteiger partial charge in [0.05, 0.1) is 44.6 Å². The average molecular weight is 590 g/mol. The molecule has 4 aliphatic carbocycles. The van der Waals surface area contributed by atoms with E-state index in [1.54, 1.807) is 4.90 Å². The van der Waals surface area contributed by atoms with Gasteiger partial charge in [0.15, 0.2) is 0 Å². The molecule has 0 amide bonds. The minimum atomic E-state index is -4.70. The van der Waals surface area contributed by atoms with E-state index in [-0.39, 0.29) is 65.0 Å². The largest absolute Gasteiger partial charge is 0.726 e. The molecule has 12 atom stereocenters. The van der Waals surface area contributed by atoms with Crippen molar-refractivity contribution in [3.63, 3.8) is 0 Å². The normalized spacial score (nSPS) is 43.8. The van der Waals surface area contributed by atoms with E-state index < -0.39 is 22.6 Å². The van der Waals surface area contributed by atoms with Gasteiger partial charge in [0, 0.05) is 0 Å². The van der Waals surface area contributed by atoms with E-state index >= 15 is 0 Å². The Bertz CT molecular complexity index is 908. The molecule has 236 valence electrons. The van der Waals surface area contributed by atoms with E-state index in [4.69, 9.17) is 0 Å². The number of fused-ring (bicyclic) bond motifs is 5. The Balaban J connectivity index is 0.000000559. The molecule has 4 saturated carbocycles. The Labute approximate surface area is 244 Å².